The van der Waals surface area contributed by atoms with Crippen LogP contribution in [0.25, 0.3) is 0 Å². The summed E-state index contributed by atoms with van der Waals surface area (Å²) < 4.78 is 0.906. The van der Waals surface area contributed by atoms with Crippen molar-refractivity contribution in [2.45, 2.75) is 0 Å². The molecule has 0 spiro atoms. The lowest BCUT2D eigenvalue weighted by molar-refractivity contribution is 1.30. The third kappa shape index (κ3) is 1.61. The molecule has 0 aromatic carbocycles. The summed E-state index contributed by atoms with van der Waals surface area (Å²) in [5.41, 5.74) is 0.810. The molecule has 0 radical (unpaired) electrons. The Balaban J connectivity index is 3.07. The van der Waals surface area contributed by atoms with Crippen LogP contribution in [0.1, 0.15) is 5.56 Å². The van der Waals surface area contributed by atoms with Gasteiger partial charge in [-0.3, -0.25) is 4.98 Å². The molecule has 3 heteroatoms. The Morgan fingerprint density at radius 2 is 2.33 bits per heavy atom. The van der Waals surface area contributed by atoms with E-state index >= 15 is 0 Å². The van der Waals surface area contributed by atoms with Gasteiger partial charge in [0.1, 0.15) is 0 Å². The second-order valence-corrected chi connectivity index (χ2v) is 2.50. The zero-order valence-corrected chi connectivity index (χ0v) is 6.22. The van der Waals surface area contributed by atoms with Crippen LogP contribution in [0, 0.1) is 5.41 Å². The van der Waals surface area contributed by atoms with Gasteiger partial charge in [0, 0.05) is 28.6 Å². The number of hydrogen-bond donors (Lipinski definition) is 1. The zero-order valence-electron chi connectivity index (χ0n) is 4.63. The molecule has 9 heavy (non-hydrogen) atoms. The second kappa shape index (κ2) is 2.73. The van der Waals surface area contributed by atoms with Gasteiger partial charge in [-0.05, 0) is 22.0 Å². The Bertz CT molecular complexity index is 222. The van der Waals surface area contributed by atoms with Crippen molar-refractivity contribution >= 4 is 22.1 Å². The van der Waals surface area contributed by atoms with E-state index in [1.165, 1.54) is 6.21 Å². The SMILES string of the molecule is N=Cc1cncc(Br)c1. The van der Waals surface area contributed by atoms with Crippen LogP contribution in [0.2, 0.25) is 0 Å². The van der Waals surface area contributed by atoms with E-state index in [4.69, 9.17) is 5.41 Å². The highest BCUT2D eigenvalue weighted by Crippen LogP contribution is 2.07. The maximum Gasteiger partial charge on any atom is 0.0410 e. The van der Waals surface area contributed by atoms with Gasteiger partial charge < -0.3 is 5.41 Å². The van der Waals surface area contributed by atoms with Gasteiger partial charge in [0.2, 0.25) is 0 Å². The molecule has 0 fully saturated rings. The first-order valence-electron chi connectivity index (χ1n) is 2.44. The Hall–Kier alpha value is -0.700. The number of aromatic nitrogens is 1. The number of halogens is 1. The third-order valence-electron chi connectivity index (χ3n) is 0.893. The van der Waals surface area contributed by atoms with Crippen LogP contribution >= 0.6 is 15.9 Å². The van der Waals surface area contributed by atoms with Crippen molar-refractivity contribution in [3.63, 3.8) is 0 Å². The molecular formula is C6H5BrN2. The van der Waals surface area contributed by atoms with Gasteiger partial charge in [0.25, 0.3) is 0 Å². The Labute approximate surface area is 61.6 Å². The van der Waals surface area contributed by atoms with Crippen LogP contribution in [-0.4, -0.2) is 11.2 Å². The molecule has 0 atom stereocenters. The lowest BCUT2D eigenvalue weighted by Crippen LogP contribution is -1.79. The van der Waals surface area contributed by atoms with Crippen molar-refractivity contribution < 1.29 is 0 Å². The minimum absolute atomic E-state index is 0.810. The van der Waals surface area contributed by atoms with E-state index in [9.17, 15) is 0 Å². The maximum absolute atomic E-state index is 6.85. The van der Waals surface area contributed by atoms with Crippen LogP contribution in [-0.2, 0) is 0 Å². The highest BCUT2D eigenvalue weighted by molar-refractivity contribution is 9.10. The second-order valence-electron chi connectivity index (χ2n) is 1.58. The normalized spacial score (nSPS) is 9.00. The molecule has 0 amide bonds. The predicted molar refractivity (Wildman–Crippen MR) is 39.8 cm³/mol. The molecule has 0 saturated carbocycles. The Morgan fingerprint density at radius 3 is 2.78 bits per heavy atom. The first kappa shape index (κ1) is 6.42. The monoisotopic (exact) mass is 184 g/mol. The zero-order chi connectivity index (χ0) is 6.69. The summed E-state index contributed by atoms with van der Waals surface area (Å²) in [4.78, 5) is 3.86. The topological polar surface area (TPSA) is 36.7 Å². The lowest BCUT2D eigenvalue weighted by Gasteiger charge is -1.89. The third-order valence-corrected chi connectivity index (χ3v) is 1.33. The molecule has 2 nitrogen and oxygen atoms in total. The van der Waals surface area contributed by atoms with Gasteiger partial charge in [-0.15, -0.1) is 0 Å². The molecule has 0 aliphatic rings. The molecule has 1 N–H and O–H groups in total. The largest absolute Gasteiger partial charge is 0.308 e. The summed E-state index contributed by atoms with van der Waals surface area (Å²) in [7, 11) is 0. The van der Waals surface area contributed by atoms with E-state index in [1.54, 1.807) is 12.4 Å². The van der Waals surface area contributed by atoms with Crippen LogP contribution in [0.5, 0.6) is 0 Å². The molecule has 0 bridgehead atoms. The molecule has 1 aromatic rings. The lowest BCUT2D eigenvalue weighted by atomic mass is 10.3. The van der Waals surface area contributed by atoms with Gasteiger partial charge in [-0.1, -0.05) is 0 Å². The van der Waals surface area contributed by atoms with Crippen molar-refractivity contribution in [3.05, 3.63) is 28.5 Å². The summed E-state index contributed by atoms with van der Waals surface area (Å²) in [6.45, 7) is 0. The Kier molecular flexibility index (Phi) is 1.95. The standard InChI is InChI=1S/C6H5BrN2/c7-6-1-5(2-8)3-9-4-6/h1-4,8H. The summed E-state index contributed by atoms with van der Waals surface area (Å²) in [6.07, 6.45) is 4.59. The van der Waals surface area contributed by atoms with E-state index in [0.717, 1.165) is 10.0 Å². The van der Waals surface area contributed by atoms with Crippen molar-refractivity contribution in [1.82, 2.24) is 4.98 Å². The number of nitrogens with zero attached hydrogens (tertiary/aromatic N) is 1. The molecule has 0 unspecified atom stereocenters. The van der Waals surface area contributed by atoms with E-state index in [-0.39, 0.29) is 0 Å². The summed E-state index contributed by atoms with van der Waals surface area (Å²) >= 11 is 3.24. The first-order valence-corrected chi connectivity index (χ1v) is 3.23. The number of hydrogen-bond acceptors (Lipinski definition) is 2. The fraction of sp³-hybridized carbons (Fsp3) is 0. The smallest absolute Gasteiger partial charge is 0.0410 e. The molecular weight excluding hydrogens is 180 g/mol. The average molecular weight is 185 g/mol. The van der Waals surface area contributed by atoms with Gasteiger partial charge in [0.05, 0.1) is 0 Å². The van der Waals surface area contributed by atoms with Crippen molar-refractivity contribution in [2.75, 3.05) is 0 Å². The molecule has 1 aromatic heterocycles. The fourth-order valence-electron chi connectivity index (χ4n) is 0.507. The van der Waals surface area contributed by atoms with Crippen LogP contribution in [0.4, 0.5) is 0 Å². The van der Waals surface area contributed by atoms with Crippen molar-refractivity contribution in [2.24, 2.45) is 0 Å². The molecule has 46 valence electrons. The number of rotatable bonds is 1. The minimum atomic E-state index is 0.810. The molecule has 1 heterocycles. The number of pyridine rings is 1. The van der Waals surface area contributed by atoms with Gasteiger partial charge in [-0.2, -0.15) is 0 Å². The molecule has 0 aliphatic carbocycles. The van der Waals surface area contributed by atoms with E-state index < -0.39 is 0 Å². The van der Waals surface area contributed by atoms with Crippen molar-refractivity contribution in [3.8, 4) is 0 Å². The summed E-state index contributed by atoms with van der Waals surface area (Å²) in [5.74, 6) is 0. The Morgan fingerprint density at radius 1 is 1.56 bits per heavy atom. The van der Waals surface area contributed by atoms with Crippen molar-refractivity contribution in [1.29, 1.82) is 5.41 Å². The quantitative estimate of drug-likeness (QED) is 0.665. The van der Waals surface area contributed by atoms with Crippen LogP contribution in [0.3, 0.4) is 0 Å². The highest BCUT2D eigenvalue weighted by Gasteiger charge is 1.87. The van der Waals surface area contributed by atoms with Crippen LogP contribution in [0.15, 0.2) is 22.9 Å². The molecule has 0 aliphatic heterocycles. The minimum Gasteiger partial charge on any atom is -0.308 e. The van der Waals surface area contributed by atoms with E-state index in [2.05, 4.69) is 20.9 Å². The predicted octanol–water partition coefficient (Wildman–Crippen LogP) is 1.84. The number of nitrogens with one attached hydrogen (secondary N) is 1. The first-order chi connectivity index (χ1) is 4.33. The van der Waals surface area contributed by atoms with Gasteiger partial charge in [0.15, 0.2) is 0 Å². The summed E-state index contributed by atoms with van der Waals surface area (Å²) in [6, 6.07) is 1.83. The maximum atomic E-state index is 6.85. The molecule has 0 saturated heterocycles. The highest BCUT2D eigenvalue weighted by atomic mass is 79.9. The van der Waals surface area contributed by atoms with Crippen LogP contribution < -0.4 is 0 Å². The van der Waals surface area contributed by atoms with E-state index in [0.29, 0.717) is 0 Å². The fourth-order valence-corrected chi connectivity index (χ4v) is 0.890. The van der Waals surface area contributed by atoms with Gasteiger partial charge in [-0.25, -0.2) is 0 Å². The van der Waals surface area contributed by atoms with E-state index in [1.807, 2.05) is 6.07 Å². The summed E-state index contributed by atoms with van der Waals surface area (Å²) in [5, 5.41) is 6.85. The van der Waals surface area contributed by atoms with Gasteiger partial charge >= 0.3 is 0 Å². The average Bonchev–Trinajstić information content (AvgIpc) is 1.88. The molecule has 1 rings (SSSR count).